The summed E-state index contributed by atoms with van der Waals surface area (Å²) in [7, 11) is 1.81. The van der Waals surface area contributed by atoms with E-state index in [0.29, 0.717) is 12.6 Å². The summed E-state index contributed by atoms with van der Waals surface area (Å²) in [6.07, 6.45) is 3.95. The first-order chi connectivity index (χ1) is 12.8. The fourth-order valence-corrected chi connectivity index (χ4v) is 3.02. The molecule has 1 atom stereocenters. The van der Waals surface area contributed by atoms with Crippen LogP contribution in [0.1, 0.15) is 24.5 Å². The predicted molar refractivity (Wildman–Crippen MR) is 109 cm³/mol. The van der Waals surface area contributed by atoms with Crippen molar-refractivity contribution < 1.29 is 0 Å². The maximum atomic E-state index is 4.51. The predicted octanol–water partition coefficient (Wildman–Crippen LogP) is 3.92. The molecular weight excluding hydrogens is 320 g/mol. The Bertz CT molecular complexity index is 853. The monoisotopic (exact) mass is 346 g/mol. The van der Waals surface area contributed by atoms with Crippen molar-refractivity contribution in [1.82, 2.24) is 15.6 Å². The van der Waals surface area contributed by atoms with Crippen molar-refractivity contribution in [2.24, 2.45) is 4.99 Å². The van der Waals surface area contributed by atoms with Crippen LogP contribution in [0.4, 0.5) is 0 Å². The molecule has 3 rings (SSSR count). The number of hydrogen-bond acceptors (Lipinski definition) is 2. The fraction of sp³-hybridized carbons (Fsp3) is 0.273. The molecule has 1 unspecified atom stereocenters. The molecule has 0 aliphatic carbocycles. The molecule has 0 aliphatic heterocycles. The number of fused-ring (bicyclic) bond motifs is 1. The number of hydrogen-bond donors (Lipinski definition) is 2. The summed E-state index contributed by atoms with van der Waals surface area (Å²) in [6, 6.07) is 21.2. The molecule has 0 saturated heterocycles. The summed E-state index contributed by atoms with van der Waals surface area (Å²) in [5.41, 5.74) is 3.57. The molecule has 2 N–H and O–H groups in total. The van der Waals surface area contributed by atoms with Crippen molar-refractivity contribution in [2.75, 3.05) is 7.05 Å². The lowest BCUT2D eigenvalue weighted by atomic mass is 10.1. The molecule has 0 radical (unpaired) electrons. The minimum absolute atomic E-state index is 0.340. The van der Waals surface area contributed by atoms with Crippen LogP contribution in [0, 0.1) is 0 Å². The fourth-order valence-electron chi connectivity index (χ4n) is 3.02. The normalized spacial score (nSPS) is 12.8. The molecule has 3 aromatic rings. The third kappa shape index (κ3) is 4.82. The van der Waals surface area contributed by atoms with Crippen molar-refractivity contribution in [3.8, 4) is 0 Å². The number of benzene rings is 2. The van der Waals surface area contributed by atoms with Gasteiger partial charge in [0.1, 0.15) is 0 Å². The van der Waals surface area contributed by atoms with E-state index in [4.69, 9.17) is 0 Å². The van der Waals surface area contributed by atoms with Crippen LogP contribution in [0.5, 0.6) is 0 Å². The molecule has 1 aromatic heterocycles. The number of pyridine rings is 1. The van der Waals surface area contributed by atoms with Crippen LogP contribution in [0.2, 0.25) is 0 Å². The molecule has 0 spiro atoms. The quantitative estimate of drug-likeness (QED) is 0.525. The lowest BCUT2D eigenvalue weighted by molar-refractivity contribution is 0.593. The van der Waals surface area contributed by atoms with E-state index < -0.39 is 0 Å². The SMILES string of the molecule is CN=C(NCc1cccc2cccnc12)NC(C)CCc1ccccc1. The second kappa shape index (κ2) is 8.99. The van der Waals surface area contributed by atoms with Crippen LogP contribution >= 0.6 is 0 Å². The van der Waals surface area contributed by atoms with Crippen LogP contribution in [-0.2, 0) is 13.0 Å². The zero-order valence-electron chi connectivity index (χ0n) is 15.4. The van der Waals surface area contributed by atoms with Crippen molar-refractivity contribution in [3.63, 3.8) is 0 Å². The molecule has 0 bridgehead atoms. The molecule has 4 heteroatoms. The molecule has 0 amide bonds. The number of guanidine groups is 1. The van der Waals surface area contributed by atoms with Crippen LogP contribution in [-0.4, -0.2) is 24.0 Å². The van der Waals surface area contributed by atoms with Crippen LogP contribution in [0.15, 0.2) is 71.9 Å². The van der Waals surface area contributed by atoms with E-state index >= 15 is 0 Å². The van der Waals surface area contributed by atoms with E-state index in [0.717, 1.165) is 29.7 Å². The Labute approximate surface area is 155 Å². The molecular formula is C22H26N4. The average Bonchev–Trinajstić information content (AvgIpc) is 2.70. The van der Waals surface area contributed by atoms with Gasteiger partial charge < -0.3 is 10.6 Å². The van der Waals surface area contributed by atoms with Gasteiger partial charge in [0.2, 0.25) is 0 Å². The molecule has 0 saturated carbocycles. The molecule has 1 heterocycles. The zero-order chi connectivity index (χ0) is 18.2. The Morgan fingerprint density at radius 2 is 1.85 bits per heavy atom. The summed E-state index contributed by atoms with van der Waals surface area (Å²) in [5, 5.41) is 8.04. The highest BCUT2D eigenvalue weighted by Gasteiger charge is 2.07. The Kier molecular flexibility index (Phi) is 6.20. The largest absolute Gasteiger partial charge is 0.354 e. The van der Waals surface area contributed by atoms with Gasteiger partial charge in [0.05, 0.1) is 5.52 Å². The summed E-state index contributed by atoms with van der Waals surface area (Å²) in [6.45, 7) is 2.88. The molecule has 134 valence electrons. The van der Waals surface area contributed by atoms with Crippen molar-refractivity contribution in [3.05, 3.63) is 78.0 Å². The number of aliphatic imine (C=N–C) groups is 1. The zero-order valence-corrected chi connectivity index (χ0v) is 15.4. The van der Waals surface area contributed by atoms with E-state index in [1.165, 1.54) is 11.1 Å². The first-order valence-electron chi connectivity index (χ1n) is 9.10. The number of nitrogens with one attached hydrogen (secondary N) is 2. The lowest BCUT2D eigenvalue weighted by Crippen LogP contribution is -2.42. The molecule has 2 aromatic carbocycles. The summed E-state index contributed by atoms with van der Waals surface area (Å²) < 4.78 is 0. The highest BCUT2D eigenvalue weighted by atomic mass is 15.2. The van der Waals surface area contributed by atoms with Gasteiger partial charge in [-0.25, -0.2) is 0 Å². The number of nitrogens with zero attached hydrogens (tertiary/aromatic N) is 2. The van der Waals surface area contributed by atoms with Gasteiger partial charge in [0, 0.05) is 31.2 Å². The number of para-hydroxylation sites is 1. The third-order valence-corrected chi connectivity index (χ3v) is 4.48. The topological polar surface area (TPSA) is 49.3 Å². The second-order valence-corrected chi connectivity index (χ2v) is 6.49. The molecule has 0 aliphatic rings. The summed E-state index contributed by atoms with van der Waals surface area (Å²) in [4.78, 5) is 8.86. The maximum absolute atomic E-state index is 4.51. The van der Waals surface area contributed by atoms with E-state index in [9.17, 15) is 0 Å². The summed E-state index contributed by atoms with van der Waals surface area (Å²) in [5.74, 6) is 0.818. The van der Waals surface area contributed by atoms with E-state index in [1.807, 2.05) is 12.3 Å². The molecule has 0 fully saturated rings. The third-order valence-electron chi connectivity index (χ3n) is 4.48. The standard InChI is InChI=1S/C22H26N4/c1-17(13-14-18-8-4-3-5-9-18)26-22(23-2)25-16-20-11-6-10-19-12-7-15-24-21(19)20/h3-12,15,17H,13-14,16H2,1-2H3,(H2,23,25,26). The van der Waals surface area contributed by atoms with Gasteiger partial charge in [0.15, 0.2) is 5.96 Å². The summed E-state index contributed by atoms with van der Waals surface area (Å²) >= 11 is 0. The van der Waals surface area contributed by atoms with Gasteiger partial charge in [-0.3, -0.25) is 9.98 Å². The average molecular weight is 346 g/mol. The minimum Gasteiger partial charge on any atom is -0.354 e. The highest BCUT2D eigenvalue weighted by molar-refractivity contribution is 5.83. The number of aryl methyl sites for hydroxylation is 1. The van der Waals surface area contributed by atoms with E-state index in [1.54, 1.807) is 7.05 Å². The number of rotatable bonds is 6. The van der Waals surface area contributed by atoms with Crippen LogP contribution in [0.3, 0.4) is 0 Å². The molecule has 4 nitrogen and oxygen atoms in total. The van der Waals surface area contributed by atoms with Crippen LogP contribution in [0.25, 0.3) is 10.9 Å². The Morgan fingerprint density at radius 3 is 2.65 bits per heavy atom. The van der Waals surface area contributed by atoms with Gasteiger partial charge in [-0.2, -0.15) is 0 Å². The molecule has 26 heavy (non-hydrogen) atoms. The Balaban J connectivity index is 1.54. The Hall–Kier alpha value is -2.88. The lowest BCUT2D eigenvalue weighted by Gasteiger charge is -2.18. The van der Waals surface area contributed by atoms with Crippen molar-refractivity contribution in [1.29, 1.82) is 0 Å². The van der Waals surface area contributed by atoms with Gasteiger partial charge in [-0.1, -0.05) is 54.6 Å². The highest BCUT2D eigenvalue weighted by Crippen LogP contribution is 2.15. The van der Waals surface area contributed by atoms with E-state index in [2.05, 4.69) is 82.1 Å². The Morgan fingerprint density at radius 1 is 1.04 bits per heavy atom. The maximum Gasteiger partial charge on any atom is 0.191 e. The first kappa shape index (κ1) is 17.9. The van der Waals surface area contributed by atoms with Crippen molar-refractivity contribution >= 4 is 16.9 Å². The van der Waals surface area contributed by atoms with Gasteiger partial charge >= 0.3 is 0 Å². The van der Waals surface area contributed by atoms with Crippen molar-refractivity contribution in [2.45, 2.75) is 32.4 Å². The first-order valence-corrected chi connectivity index (χ1v) is 9.10. The van der Waals surface area contributed by atoms with Gasteiger partial charge in [-0.05, 0) is 37.0 Å². The second-order valence-electron chi connectivity index (χ2n) is 6.49. The van der Waals surface area contributed by atoms with Gasteiger partial charge in [0.25, 0.3) is 0 Å². The number of aromatic nitrogens is 1. The van der Waals surface area contributed by atoms with E-state index in [-0.39, 0.29) is 0 Å². The smallest absolute Gasteiger partial charge is 0.191 e. The van der Waals surface area contributed by atoms with Gasteiger partial charge in [-0.15, -0.1) is 0 Å². The minimum atomic E-state index is 0.340. The van der Waals surface area contributed by atoms with Crippen LogP contribution < -0.4 is 10.6 Å².